The van der Waals surface area contributed by atoms with E-state index >= 15 is 0 Å². The van der Waals surface area contributed by atoms with Crippen LogP contribution in [0, 0.1) is 0 Å². The van der Waals surface area contributed by atoms with Gasteiger partial charge in [0.2, 0.25) is 5.91 Å². The molecule has 0 aromatic carbocycles. The molecule has 0 radical (unpaired) electrons. The monoisotopic (exact) mass is 285 g/mol. The molecule has 1 unspecified atom stereocenters. The van der Waals surface area contributed by atoms with Gasteiger partial charge in [0.25, 0.3) is 0 Å². The fourth-order valence-corrected chi connectivity index (χ4v) is 2.11. The Labute approximate surface area is 117 Å². The van der Waals surface area contributed by atoms with E-state index in [0.29, 0.717) is 13.1 Å². The molecular formula is C11H25Cl2N3O. The number of hydrogen-bond acceptors (Lipinski definition) is 3. The van der Waals surface area contributed by atoms with Crippen LogP contribution in [0.5, 0.6) is 0 Å². The third kappa shape index (κ3) is 6.46. The van der Waals surface area contributed by atoms with Crippen molar-refractivity contribution in [2.45, 2.75) is 38.6 Å². The molecule has 0 bridgehead atoms. The molecule has 1 rings (SSSR count). The lowest BCUT2D eigenvalue weighted by atomic mass is 10.2. The first kappa shape index (κ1) is 19.3. The highest BCUT2D eigenvalue weighted by Crippen LogP contribution is 2.17. The minimum Gasteiger partial charge on any atom is -0.355 e. The molecule has 3 N–H and O–H groups in total. The van der Waals surface area contributed by atoms with Crippen molar-refractivity contribution in [3.63, 3.8) is 0 Å². The van der Waals surface area contributed by atoms with E-state index in [4.69, 9.17) is 5.73 Å². The first-order valence-electron chi connectivity index (χ1n) is 6.01. The van der Waals surface area contributed by atoms with Crippen molar-refractivity contribution in [2.24, 2.45) is 5.73 Å². The number of carbonyl (C=O) groups is 1. The summed E-state index contributed by atoms with van der Waals surface area (Å²) in [4.78, 5) is 14.1. The van der Waals surface area contributed by atoms with Gasteiger partial charge in [0, 0.05) is 6.54 Å². The zero-order chi connectivity index (χ0) is 11.1. The smallest absolute Gasteiger partial charge is 0.237 e. The summed E-state index contributed by atoms with van der Waals surface area (Å²) in [6.45, 7) is 5.62. The van der Waals surface area contributed by atoms with Gasteiger partial charge in [-0.15, -0.1) is 24.8 Å². The van der Waals surface area contributed by atoms with Crippen molar-refractivity contribution < 1.29 is 4.79 Å². The van der Waals surface area contributed by atoms with E-state index in [2.05, 4.69) is 17.1 Å². The number of rotatable bonds is 6. The maximum Gasteiger partial charge on any atom is 0.237 e. The normalized spacial score (nSPS) is 19.3. The molecule has 1 amide bonds. The van der Waals surface area contributed by atoms with Crippen molar-refractivity contribution in [3.8, 4) is 0 Å². The van der Waals surface area contributed by atoms with Gasteiger partial charge < -0.3 is 11.1 Å². The molecule has 0 spiro atoms. The summed E-state index contributed by atoms with van der Waals surface area (Å²) in [5.41, 5.74) is 5.38. The van der Waals surface area contributed by atoms with Crippen LogP contribution in [0.25, 0.3) is 0 Å². The molecule has 4 nitrogen and oxygen atoms in total. The van der Waals surface area contributed by atoms with Gasteiger partial charge in [-0.1, -0.05) is 6.92 Å². The highest BCUT2D eigenvalue weighted by atomic mass is 35.5. The Morgan fingerprint density at radius 3 is 2.76 bits per heavy atom. The number of likely N-dealkylation sites (tertiary alicyclic amines) is 1. The number of amides is 1. The second-order valence-electron chi connectivity index (χ2n) is 4.13. The number of nitrogens with one attached hydrogen (secondary N) is 1. The summed E-state index contributed by atoms with van der Waals surface area (Å²) in [5.74, 6) is 0.189. The molecule has 1 atom stereocenters. The summed E-state index contributed by atoms with van der Waals surface area (Å²) in [7, 11) is 0. The highest BCUT2D eigenvalue weighted by Gasteiger charge is 2.29. The van der Waals surface area contributed by atoms with Crippen LogP contribution in [0.2, 0.25) is 0 Å². The van der Waals surface area contributed by atoms with E-state index in [1.807, 2.05) is 0 Å². The van der Waals surface area contributed by atoms with Gasteiger partial charge in [-0.05, 0) is 45.3 Å². The fourth-order valence-electron chi connectivity index (χ4n) is 2.11. The number of hydrogen-bond donors (Lipinski definition) is 2. The molecule has 0 aromatic rings. The molecule has 17 heavy (non-hydrogen) atoms. The van der Waals surface area contributed by atoms with Gasteiger partial charge in [-0.25, -0.2) is 0 Å². The SMILES string of the molecule is CCCN1CCCC1C(=O)NCCCN.Cl.Cl. The quantitative estimate of drug-likeness (QED) is 0.721. The van der Waals surface area contributed by atoms with Gasteiger partial charge in [-0.3, -0.25) is 9.69 Å². The largest absolute Gasteiger partial charge is 0.355 e. The number of carbonyl (C=O) groups excluding carboxylic acids is 1. The van der Waals surface area contributed by atoms with Gasteiger partial charge in [0.15, 0.2) is 0 Å². The third-order valence-electron chi connectivity index (χ3n) is 2.86. The Kier molecular flexibility index (Phi) is 12.6. The number of nitrogens with two attached hydrogens (primary N) is 1. The van der Waals surface area contributed by atoms with E-state index in [1.165, 1.54) is 0 Å². The summed E-state index contributed by atoms with van der Waals surface area (Å²) in [6, 6.07) is 0.114. The molecule has 6 heteroatoms. The average Bonchev–Trinajstić information content (AvgIpc) is 2.67. The Hall–Kier alpha value is -0.0300. The van der Waals surface area contributed by atoms with Crippen LogP contribution in [0.1, 0.15) is 32.6 Å². The molecule has 0 aromatic heterocycles. The van der Waals surface area contributed by atoms with Crippen LogP contribution in [0.3, 0.4) is 0 Å². The second-order valence-corrected chi connectivity index (χ2v) is 4.13. The van der Waals surface area contributed by atoms with Gasteiger partial charge in [-0.2, -0.15) is 0 Å². The summed E-state index contributed by atoms with van der Waals surface area (Å²) in [5, 5.41) is 2.95. The molecular weight excluding hydrogens is 261 g/mol. The summed E-state index contributed by atoms with van der Waals surface area (Å²) >= 11 is 0. The number of halogens is 2. The molecule has 1 heterocycles. The van der Waals surface area contributed by atoms with Crippen LogP contribution >= 0.6 is 24.8 Å². The van der Waals surface area contributed by atoms with E-state index in [-0.39, 0.29) is 36.8 Å². The second kappa shape index (κ2) is 11.1. The third-order valence-corrected chi connectivity index (χ3v) is 2.86. The van der Waals surface area contributed by atoms with Gasteiger partial charge in [0.1, 0.15) is 0 Å². The van der Waals surface area contributed by atoms with E-state index < -0.39 is 0 Å². The minimum atomic E-state index is 0. The van der Waals surface area contributed by atoms with Crippen molar-refractivity contribution in [1.29, 1.82) is 0 Å². The first-order valence-corrected chi connectivity index (χ1v) is 6.01. The topological polar surface area (TPSA) is 58.4 Å². The van der Waals surface area contributed by atoms with Crippen LogP contribution in [-0.2, 0) is 4.79 Å². The zero-order valence-corrected chi connectivity index (χ0v) is 12.1. The van der Waals surface area contributed by atoms with Crippen molar-refractivity contribution in [2.75, 3.05) is 26.2 Å². The molecule has 1 aliphatic rings. The van der Waals surface area contributed by atoms with E-state index in [1.54, 1.807) is 0 Å². The Morgan fingerprint density at radius 2 is 2.18 bits per heavy atom. The fraction of sp³-hybridized carbons (Fsp3) is 0.909. The molecule has 0 saturated carbocycles. The Morgan fingerprint density at radius 1 is 1.47 bits per heavy atom. The van der Waals surface area contributed by atoms with E-state index in [9.17, 15) is 4.79 Å². The van der Waals surface area contributed by atoms with E-state index in [0.717, 1.165) is 38.8 Å². The van der Waals surface area contributed by atoms with Crippen molar-refractivity contribution >= 4 is 30.7 Å². The molecule has 104 valence electrons. The van der Waals surface area contributed by atoms with Crippen LogP contribution in [-0.4, -0.2) is 43.0 Å². The Balaban J connectivity index is 0. The maximum absolute atomic E-state index is 11.8. The average molecular weight is 286 g/mol. The molecule has 1 fully saturated rings. The van der Waals surface area contributed by atoms with Gasteiger partial charge >= 0.3 is 0 Å². The first-order chi connectivity index (χ1) is 7.29. The standard InChI is InChI=1S/C11H23N3O.2ClH/c1-2-8-14-9-3-5-10(14)11(15)13-7-4-6-12;;/h10H,2-9,12H2,1H3,(H,13,15);2*1H. The summed E-state index contributed by atoms with van der Waals surface area (Å²) < 4.78 is 0. The predicted molar refractivity (Wildman–Crippen MR) is 76.1 cm³/mol. The summed E-state index contributed by atoms with van der Waals surface area (Å²) in [6.07, 6.45) is 4.14. The van der Waals surface area contributed by atoms with Crippen molar-refractivity contribution in [3.05, 3.63) is 0 Å². The molecule has 1 saturated heterocycles. The highest BCUT2D eigenvalue weighted by molar-refractivity contribution is 5.85. The van der Waals surface area contributed by atoms with Crippen molar-refractivity contribution in [1.82, 2.24) is 10.2 Å². The Bertz CT molecular complexity index is 205. The minimum absolute atomic E-state index is 0. The zero-order valence-electron chi connectivity index (χ0n) is 10.5. The number of nitrogens with zero attached hydrogens (tertiary/aromatic N) is 1. The van der Waals surface area contributed by atoms with Crippen LogP contribution < -0.4 is 11.1 Å². The lowest BCUT2D eigenvalue weighted by Gasteiger charge is -2.22. The molecule has 1 aliphatic heterocycles. The molecule has 0 aliphatic carbocycles. The van der Waals surface area contributed by atoms with Crippen LogP contribution in [0.15, 0.2) is 0 Å². The predicted octanol–water partition coefficient (Wildman–Crippen LogP) is 1.17. The maximum atomic E-state index is 11.8. The lowest BCUT2D eigenvalue weighted by molar-refractivity contribution is -0.125. The van der Waals surface area contributed by atoms with Gasteiger partial charge in [0.05, 0.1) is 6.04 Å². The lowest BCUT2D eigenvalue weighted by Crippen LogP contribution is -2.43. The van der Waals surface area contributed by atoms with Crippen LogP contribution in [0.4, 0.5) is 0 Å².